The molecule has 114 valence electrons. The molecule has 0 radical (unpaired) electrons. The van der Waals surface area contributed by atoms with E-state index < -0.39 is 11.7 Å². The molecule has 5 nitrogen and oxygen atoms in total. The molecule has 21 heavy (non-hydrogen) atoms. The van der Waals surface area contributed by atoms with E-state index in [2.05, 4.69) is 16.4 Å². The fourth-order valence-electron chi connectivity index (χ4n) is 1.87. The molecular weight excluding hydrogens is 271 g/mol. The monoisotopic (exact) mass is 292 g/mol. The van der Waals surface area contributed by atoms with Crippen LogP contribution >= 0.6 is 0 Å². The molecule has 1 aromatic rings. The number of nitrogens with one attached hydrogen (secondary N) is 1. The maximum Gasteiger partial charge on any atom is 0.257 e. The maximum absolute atomic E-state index is 14.3. The minimum atomic E-state index is -0.640. The number of hydrogen-bond donors (Lipinski definition) is 1. The summed E-state index contributed by atoms with van der Waals surface area (Å²) in [4.78, 5) is 17.8. The Kier molecular flexibility index (Phi) is 6.60. The van der Waals surface area contributed by atoms with Gasteiger partial charge in [-0.15, -0.1) is 0 Å². The van der Waals surface area contributed by atoms with Gasteiger partial charge in [0.15, 0.2) is 11.6 Å². The molecule has 1 unspecified atom stereocenters. The summed E-state index contributed by atoms with van der Waals surface area (Å²) in [6.07, 6.45) is 2.25. The molecule has 1 atom stereocenters. The lowest BCUT2D eigenvalue weighted by Gasteiger charge is -2.22. The normalized spacial score (nSPS) is 11.6. The van der Waals surface area contributed by atoms with Crippen LogP contribution < -0.4 is 5.32 Å². The third-order valence-electron chi connectivity index (χ3n) is 3.05. The van der Waals surface area contributed by atoms with Crippen molar-refractivity contribution in [2.45, 2.75) is 27.2 Å². The minimum Gasteiger partial charge on any atom is -0.368 e. The Morgan fingerprint density at radius 1 is 1.57 bits per heavy atom. The second-order valence-electron chi connectivity index (χ2n) is 4.82. The van der Waals surface area contributed by atoms with Crippen LogP contribution in [0, 0.1) is 23.1 Å². The van der Waals surface area contributed by atoms with Gasteiger partial charge in [0, 0.05) is 25.8 Å². The summed E-state index contributed by atoms with van der Waals surface area (Å²) in [5, 5.41) is 11.7. The molecular formula is C15H21FN4O. The van der Waals surface area contributed by atoms with Gasteiger partial charge in [-0.2, -0.15) is 5.26 Å². The van der Waals surface area contributed by atoms with Gasteiger partial charge in [0.2, 0.25) is 0 Å². The molecule has 1 rings (SSSR count). The second-order valence-corrected chi connectivity index (χ2v) is 4.82. The Bertz CT molecular complexity index is 527. The number of halogens is 1. The highest BCUT2D eigenvalue weighted by molar-refractivity contribution is 5.95. The van der Waals surface area contributed by atoms with E-state index in [1.165, 1.54) is 17.2 Å². The van der Waals surface area contributed by atoms with Crippen LogP contribution in [0.2, 0.25) is 0 Å². The zero-order chi connectivity index (χ0) is 15.8. The van der Waals surface area contributed by atoms with E-state index in [1.54, 1.807) is 13.8 Å². The largest absolute Gasteiger partial charge is 0.368 e. The van der Waals surface area contributed by atoms with Crippen LogP contribution in [-0.4, -0.2) is 35.4 Å². The van der Waals surface area contributed by atoms with Crippen molar-refractivity contribution in [2.24, 2.45) is 5.92 Å². The number of rotatable bonds is 7. The first-order valence-corrected chi connectivity index (χ1v) is 7.12. The molecule has 0 saturated heterocycles. The lowest BCUT2D eigenvalue weighted by atomic mass is 10.1. The van der Waals surface area contributed by atoms with Crippen molar-refractivity contribution in [3.63, 3.8) is 0 Å². The minimum absolute atomic E-state index is 0.0180. The standard InChI is InChI=1S/C15H21FN4O/c1-4-7-18-14-13(16)12(6-8-19-14)15(21)20(5-2)10-11(3)9-17/h6,8,11H,4-5,7,10H2,1-3H3,(H,18,19). The van der Waals surface area contributed by atoms with Gasteiger partial charge in [0.25, 0.3) is 5.91 Å². The first kappa shape index (κ1) is 16.9. The van der Waals surface area contributed by atoms with Crippen molar-refractivity contribution in [3.8, 4) is 6.07 Å². The van der Waals surface area contributed by atoms with Gasteiger partial charge in [0.05, 0.1) is 17.6 Å². The van der Waals surface area contributed by atoms with E-state index in [0.717, 1.165) is 6.42 Å². The third kappa shape index (κ3) is 4.42. The van der Waals surface area contributed by atoms with E-state index in [-0.39, 0.29) is 23.8 Å². The van der Waals surface area contributed by atoms with Crippen molar-refractivity contribution >= 4 is 11.7 Å². The Balaban J connectivity index is 2.98. The molecule has 0 aliphatic carbocycles. The Morgan fingerprint density at radius 2 is 2.29 bits per heavy atom. The number of aromatic nitrogens is 1. The summed E-state index contributed by atoms with van der Waals surface area (Å²) in [6, 6.07) is 3.45. The highest BCUT2D eigenvalue weighted by Gasteiger charge is 2.21. The van der Waals surface area contributed by atoms with Crippen molar-refractivity contribution in [1.29, 1.82) is 5.26 Å². The van der Waals surface area contributed by atoms with E-state index in [9.17, 15) is 9.18 Å². The zero-order valence-electron chi connectivity index (χ0n) is 12.7. The van der Waals surface area contributed by atoms with Gasteiger partial charge >= 0.3 is 0 Å². The van der Waals surface area contributed by atoms with Crippen LogP contribution in [0.4, 0.5) is 10.2 Å². The summed E-state index contributed by atoms with van der Waals surface area (Å²) in [6.45, 7) is 6.78. The van der Waals surface area contributed by atoms with Crippen molar-refractivity contribution in [1.82, 2.24) is 9.88 Å². The average Bonchev–Trinajstić information content (AvgIpc) is 2.50. The van der Waals surface area contributed by atoms with E-state index in [4.69, 9.17) is 5.26 Å². The predicted octanol–water partition coefficient (Wildman–Crippen LogP) is 2.66. The highest BCUT2D eigenvalue weighted by atomic mass is 19.1. The van der Waals surface area contributed by atoms with Gasteiger partial charge in [0.1, 0.15) is 0 Å². The third-order valence-corrected chi connectivity index (χ3v) is 3.05. The first-order chi connectivity index (χ1) is 10.0. The number of nitrogens with zero attached hydrogens (tertiary/aromatic N) is 3. The van der Waals surface area contributed by atoms with Crippen molar-refractivity contribution in [3.05, 3.63) is 23.6 Å². The van der Waals surface area contributed by atoms with Gasteiger partial charge in [-0.1, -0.05) is 6.92 Å². The molecule has 0 bridgehead atoms. The van der Waals surface area contributed by atoms with Crippen LogP contribution in [0.1, 0.15) is 37.6 Å². The molecule has 1 aromatic heterocycles. The Labute approximate surface area is 124 Å². The number of hydrogen-bond acceptors (Lipinski definition) is 4. The molecule has 0 fully saturated rings. The molecule has 6 heteroatoms. The fourth-order valence-corrected chi connectivity index (χ4v) is 1.87. The van der Waals surface area contributed by atoms with Crippen LogP contribution in [0.25, 0.3) is 0 Å². The Hall–Kier alpha value is -2.16. The van der Waals surface area contributed by atoms with Crippen molar-refractivity contribution < 1.29 is 9.18 Å². The quantitative estimate of drug-likeness (QED) is 0.839. The number of carbonyl (C=O) groups is 1. The topological polar surface area (TPSA) is 69.0 Å². The van der Waals surface area contributed by atoms with Crippen LogP contribution in [0.5, 0.6) is 0 Å². The van der Waals surface area contributed by atoms with Gasteiger partial charge in [-0.05, 0) is 26.3 Å². The van der Waals surface area contributed by atoms with Crippen LogP contribution in [0.15, 0.2) is 12.3 Å². The van der Waals surface area contributed by atoms with Gasteiger partial charge in [-0.25, -0.2) is 9.37 Å². The van der Waals surface area contributed by atoms with Gasteiger partial charge < -0.3 is 10.2 Å². The summed E-state index contributed by atoms with van der Waals surface area (Å²) in [7, 11) is 0. The van der Waals surface area contributed by atoms with E-state index in [0.29, 0.717) is 13.1 Å². The van der Waals surface area contributed by atoms with Crippen LogP contribution in [-0.2, 0) is 0 Å². The summed E-state index contributed by atoms with van der Waals surface area (Å²) in [5.74, 6) is -1.26. The SMILES string of the molecule is CCCNc1nccc(C(=O)N(CC)CC(C)C#N)c1F. The highest BCUT2D eigenvalue weighted by Crippen LogP contribution is 2.17. The van der Waals surface area contributed by atoms with Gasteiger partial charge in [-0.3, -0.25) is 4.79 Å². The number of carbonyl (C=O) groups excluding carboxylic acids is 1. The second kappa shape index (κ2) is 8.20. The smallest absolute Gasteiger partial charge is 0.257 e. The summed E-state index contributed by atoms with van der Waals surface area (Å²) in [5.41, 5.74) is -0.0180. The number of anilines is 1. The Morgan fingerprint density at radius 3 is 2.86 bits per heavy atom. The molecule has 1 amide bonds. The molecule has 0 aliphatic heterocycles. The van der Waals surface area contributed by atoms with E-state index in [1.807, 2.05) is 6.92 Å². The molecule has 0 saturated carbocycles. The number of pyridine rings is 1. The molecule has 1 heterocycles. The first-order valence-electron chi connectivity index (χ1n) is 7.12. The number of nitriles is 1. The van der Waals surface area contributed by atoms with Crippen molar-refractivity contribution in [2.75, 3.05) is 25.0 Å². The number of amides is 1. The molecule has 1 N–H and O–H groups in total. The molecule has 0 spiro atoms. The lowest BCUT2D eigenvalue weighted by molar-refractivity contribution is 0.0748. The predicted molar refractivity (Wildman–Crippen MR) is 79.3 cm³/mol. The zero-order valence-corrected chi connectivity index (χ0v) is 12.7. The lowest BCUT2D eigenvalue weighted by Crippen LogP contribution is -2.35. The summed E-state index contributed by atoms with van der Waals surface area (Å²) < 4.78 is 14.3. The summed E-state index contributed by atoms with van der Waals surface area (Å²) >= 11 is 0. The maximum atomic E-state index is 14.3. The fraction of sp³-hybridized carbons (Fsp3) is 0.533. The van der Waals surface area contributed by atoms with Crippen LogP contribution in [0.3, 0.4) is 0 Å². The average molecular weight is 292 g/mol. The molecule has 0 aromatic carbocycles. The van der Waals surface area contributed by atoms with E-state index >= 15 is 0 Å². The molecule has 0 aliphatic rings.